The monoisotopic (exact) mass is 354 g/mol. The minimum Gasteiger partial charge on any atom is -0.799 e. The number of hydrogen-bond donors (Lipinski definition) is 0. The van der Waals surface area contributed by atoms with Crippen LogP contribution in [0.2, 0.25) is 0 Å². The Morgan fingerprint density at radius 3 is 1.16 bits per heavy atom. The van der Waals surface area contributed by atoms with E-state index in [2.05, 4.69) is 0 Å². The van der Waals surface area contributed by atoms with E-state index in [1.165, 1.54) is 0 Å². The molecule has 0 aliphatic carbocycles. The molecule has 0 aliphatic heterocycles. The molecule has 0 aromatic rings. The van der Waals surface area contributed by atoms with Gasteiger partial charge in [0.05, 0.1) is 0 Å². The van der Waals surface area contributed by atoms with E-state index in [1.54, 1.807) is 13.8 Å². The van der Waals surface area contributed by atoms with Gasteiger partial charge in [0.15, 0.2) is 0 Å². The summed E-state index contributed by atoms with van der Waals surface area (Å²) < 4.78 is 21.6. The molecule has 0 aliphatic rings. The van der Waals surface area contributed by atoms with Crippen molar-refractivity contribution in [3.05, 3.63) is 0 Å². The van der Waals surface area contributed by atoms with Crippen LogP contribution < -0.4 is 9.79 Å². The van der Waals surface area contributed by atoms with Crippen LogP contribution in [0.15, 0.2) is 0 Å². The van der Waals surface area contributed by atoms with Crippen LogP contribution in [0, 0.1) is 0 Å². The first-order valence-electron chi connectivity index (χ1n) is 6.82. The minimum atomic E-state index is -2.94. The normalized spacial score (nSPS) is 16.3. The summed E-state index contributed by atoms with van der Waals surface area (Å²) >= 11 is 0. The Balaban J connectivity index is -0.000000256. The average molecular weight is 354 g/mol. The van der Waals surface area contributed by atoms with Crippen LogP contribution in [-0.2, 0) is 26.2 Å². The van der Waals surface area contributed by atoms with Gasteiger partial charge in [-0.3, -0.25) is 0 Å². The topological polar surface area (TPSA) is 80.3 Å². The van der Waals surface area contributed by atoms with E-state index in [-0.39, 0.29) is 17.1 Å². The molecular formula is C12H28FeO4P2. The van der Waals surface area contributed by atoms with Crippen molar-refractivity contribution >= 4 is 14.7 Å². The zero-order chi connectivity index (χ0) is 14.7. The van der Waals surface area contributed by atoms with Gasteiger partial charge >= 0.3 is 17.1 Å². The zero-order valence-electron chi connectivity index (χ0n) is 12.5. The van der Waals surface area contributed by atoms with E-state index in [9.17, 15) is 18.9 Å². The van der Waals surface area contributed by atoms with Gasteiger partial charge in [-0.25, -0.2) is 0 Å². The van der Waals surface area contributed by atoms with Crippen LogP contribution in [0.25, 0.3) is 0 Å². The molecule has 2 atom stereocenters. The second-order valence-electron chi connectivity index (χ2n) is 4.42. The molecule has 0 fully saturated rings. The summed E-state index contributed by atoms with van der Waals surface area (Å²) in [5, 5.41) is 0. The standard InChI is InChI=1S/2C6H15O2P.Fe/c2*1-3-5-6-9(7,8)4-2;/h2*3-6H2,1-2H3,(H,7,8);/q;;+2/p-2. The van der Waals surface area contributed by atoms with Crippen molar-refractivity contribution in [2.75, 3.05) is 24.6 Å². The largest absolute Gasteiger partial charge is 2.00 e. The van der Waals surface area contributed by atoms with Crippen molar-refractivity contribution < 1.29 is 36.0 Å². The molecule has 0 spiro atoms. The van der Waals surface area contributed by atoms with E-state index in [0.29, 0.717) is 24.6 Å². The van der Waals surface area contributed by atoms with E-state index in [0.717, 1.165) is 25.7 Å². The molecule has 2 unspecified atom stereocenters. The van der Waals surface area contributed by atoms with Crippen molar-refractivity contribution in [1.82, 2.24) is 0 Å². The van der Waals surface area contributed by atoms with Crippen LogP contribution >= 0.6 is 14.7 Å². The molecule has 7 heteroatoms. The third kappa shape index (κ3) is 18.9. The molecule has 19 heavy (non-hydrogen) atoms. The fourth-order valence-corrected chi connectivity index (χ4v) is 3.34. The number of unbranched alkanes of at least 4 members (excludes halogenated alkanes) is 2. The first-order chi connectivity index (χ1) is 8.24. The van der Waals surface area contributed by atoms with Gasteiger partial charge in [0, 0.05) is 14.7 Å². The summed E-state index contributed by atoms with van der Waals surface area (Å²) in [6.07, 6.45) is 4.96. The number of hydrogen-bond acceptors (Lipinski definition) is 4. The third-order valence-electron chi connectivity index (χ3n) is 2.67. The molecule has 0 saturated carbocycles. The summed E-state index contributed by atoms with van der Waals surface area (Å²) in [6, 6.07) is 0. The molecule has 0 N–H and O–H groups in total. The predicted molar refractivity (Wildman–Crippen MR) is 75.8 cm³/mol. The summed E-state index contributed by atoms with van der Waals surface area (Å²) in [5.74, 6) is 0. The van der Waals surface area contributed by atoms with Gasteiger partial charge in [-0.1, -0.05) is 40.5 Å². The Morgan fingerprint density at radius 2 is 1.00 bits per heavy atom. The van der Waals surface area contributed by atoms with E-state index in [4.69, 9.17) is 0 Å². The van der Waals surface area contributed by atoms with Crippen molar-refractivity contribution in [3.63, 3.8) is 0 Å². The van der Waals surface area contributed by atoms with Gasteiger partial charge in [-0.2, -0.15) is 0 Å². The maximum absolute atomic E-state index is 10.8. The Labute approximate surface area is 129 Å². The molecule has 0 saturated heterocycles. The molecule has 118 valence electrons. The summed E-state index contributed by atoms with van der Waals surface area (Å²) in [6.45, 7) is 7.39. The molecular weight excluding hydrogens is 326 g/mol. The molecule has 0 heterocycles. The quantitative estimate of drug-likeness (QED) is 0.496. The van der Waals surface area contributed by atoms with Gasteiger partial charge in [-0.15, -0.1) is 0 Å². The van der Waals surface area contributed by atoms with Gasteiger partial charge in [0.2, 0.25) is 0 Å². The van der Waals surface area contributed by atoms with E-state index >= 15 is 0 Å². The van der Waals surface area contributed by atoms with Crippen LogP contribution in [0.4, 0.5) is 0 Å². The SMILES string of the molecule is CCCCP(=O)([O-])CC.CCCCP(=O)([O-])CC.[Fe+2]. The van der Waals surface area contributed by atoms with Crippen molar-refractivity contribution in [1.29, 1.82) is 0 Å². The Hall–Kier alpha value is 0.899. The smallest absolute Gasteiger partial charge is 0.799 e. The van der Waals surface area contributed by atoms with Gasteiger partial charge in [0.25, 0.3) is 0 Å². The summed E-state index contributed by atoms with van der Waals surface area (Å²) in [4.78, 5) is 21.6. The van der Waals surface area contributed by atoms with Crippen molar-refractivity contribution in [3.8, 4) is 0 Å². The van der Waals surface area contributed by atoms with Crippen molar-refractivity contribution in [2.45, 2.75) is 53.4 Å². The van der Waals surface area contributed by atoms with Crippen LogP contribution in [0.5, 0.6) is 0 Å². The first kappa shape index (κ1) is 24.9. The predicted octanol–water partition coefficient (Wildman–Crippen LogP) is 2.89. The molecule has 0 bridgehead atoms. The zero-order valence-corrected chi connectivity index (χ0v) is 15.4. The van der Waals surface area contributed by atoms with E-state index in [1.807, 2.05) is 13.8 Å². The fraction of sp³-hybridized carbons (Fsp3) is 1.00. The minimum absolute atomic E-state index is 0. The molecule has 0 amide bonds. The van der Waals surface area contributed by atoms with E-state index < -0.39 is 14.7 Å². The number of rotatable bonds is 8. The second kappa shape index (κ2) is 13.9. The van der Waals surface area contributed by atoms with Crippen LogP contribution in [0.3, 0.4) is 0 Å². The van der Waals surface area contributed by atoms with Crippen LogP contribution in [-0.4, -0.2) is 24.6 Å². The Kier molecular flexibility index (Phi) is 18.2. The maximum atomic E-state index is 10.8. The van der Waals surface area contributed by atoms with Gasteiger partial charge in [-0.05, 0) is 37.5 Å². The van der Waals surface area contributed by atoms with Gasteiger partial charge < -0.3 is 18.9 Å². The second-order valence-corrected chi connectivity index (χ2v) is 9.83. The maximum Gasteiger partial charge on any atom is 2.00 e. The summed E-state index contributed by atoms with van der Waals surface area (Å²) in [5.41, 5.74) is 0. The Bertz CT molecular complexity index is 257. The van der Waals surface area contributed by atoms with Gasteiger partial charge in [0.1, 0.15) is 0 Å². The summed E-state index contributed by atoms with van der Waals surface area (Å²) in [7, 11) is -5.88. The fourth-order valence-electron chi connectivity index (χ4n) is 1.11. The molecule has 0 aromatic carbocycles. The third-order valence-corrected chi connectivity index (χ3v) is 6.59. The molecule has 0 radical (unpaired) electrons. The average Bonchev–Trinajstić information content (AvgIpc) is 2.35. The molecule has 0 rings (SSSR count). The molecule has 0 aromatic heterocycles. The van der Waals surface area contributed by atoms with Crippen molar-refractivity contribution in [2.24, 2.45) is 0 Å². The first-order valence-corrected chi connectivity index (χ1v) is 10.8. The van der Waals surface area contributed by atoms with Crippen LogP contribution in [0.1, 0.15) is 53.4 Å². The molecule has 4 nitrogen and oxygen atoms in total. The Morgan fingerprint density at radius 1 is 0.737 bits per heavy atom.